The number of carbonyl (C=O) groups excluding carboxylic acids is 1. The molecule has 0 atom stereocenters. The van der Waals surface area contributed by atoms with Gasteiger partial charge in [-0.15, -0.1) is 0 Å². The lowest BCUT2D eigenvalue weighted by Crippen LogP contribution is -2.14. The summed E-state index contributed by atoms with van der Waals surface area (Å²) in [4.78, 5) is 12.1. The standard InChI is InChI=1S/C13H9BrCl2N2O/c14-9-4-2-1-3-8(9)13(19)18-12-10(16)5-7(15)6-11(12)17/h1-6H,17H2,(H,18,19). The molecule has 2 aromatic carbocycles. The van der Waals surface area contributed by atoms with Gasteiger partial charge in [-0.2, -0.15) is 0 Å². The van der Waals surface area contributed by atoms with Crippen LogP contribution in [0.25, 0.3) is 0 Å². The first-order valence-corrected chi connectivity index (χ1v) is 6.84. The Morgan fingerprint density at radius 3 is 2.53 bits per heavy atom. The van der Waals surface area contributed by atoms with Gasteiger partial charge in [0.15, 0.2) is 0 Å². The number of carbonyl (C=O) groups is 1. The molecule has 98 valence electrons. The number of hydrogen-bond acceptors (Lipinski definition) is 2. The van der Waals surface area contributed by atoms with Crippen LogP contribution in [0.3, 0.4) is 0 Å². The SMILES string of the molecule is Nc1cc(Cl)cc(Cl)c1NC(=O)c1ccccc1Br. The molecule has 0 aliphatic heterocycles. The van der Waals surface area contributed by atoms with E-state index in [0.717, 1.165) is 0 Å². The van der Waals surface area contributed by atoms with Crippen LogP contribution in [0, 0.1) is 0 Å². The van der Waals surface area contributed by atoms with Crippen molar-refractivity contribution in [3.05, 3.63) is 56.5 Å². The largest absolute Gasteiger partial charge is 0.397 e. The van der Waals surface area contributed by atoms with Crippen LogP contribution in [0.5, 0.6) is 0 Å². The van der Waals surface area contributed by atoms with Crippen LogP contribution in [-0.4, -0.2) is 5.91 Å². The van der Waals surface area contributed by atoms with Crippen LogP contribution in [-0.2, 0) is 0 Å². The molecule has 0 heterocycles. The average Bonchev–Trinajstić information content (AvgIpc) is 2.34. The monoisotopic (exact) mass is 358 g/mol. The highest BCUT2D eigenvalue weighted by Gasteiger charge is 2.14. The second-order valence-corrected chi connectivity index (χ2v) is 5.48. The summed E-state index contributed by atoms with van der Waals surface area (Å²) >= 11 is 15.1. The lowest BCUT2D eigenvalue weighted by Gasteiger charge is -2.11. The molecular weight excluding hydrogens is 351 g/mol. The zero-order chi connectivity index (χ0) is 14.0. The number of rotatable bonds is 2. The maximum Gasteiger partial charge on any atom is 0.256 e. The topological polar surface area (TPSA) is 55.1 Å². The molecule has 19 heavy (non-hydrogen) atoms. The Bertz CT molecular complexity index is 623. The van der Waals surface area contributed by atoms with Crippen LogP contribution in [0.15, 0.2) is 40.9 Å². The zero-order valence-electron chi connectivity index (χ0n) is 9.58. The van der Waals surface area contributed by atoms with Crippen molar-refractivity contribution < 1.29 is 4.79 Å². The first-order valence-electron chi connectivity index (χ1n) is 5.29. The maximum atomic E-state index is 12.1. The molecule has 0 radical (unpaired) electrons. The fourth-order valence-electron chi connectivity index (χ4n) is 1.55. The van der Waals surface area contributed by atoms with E-state index in [2.05, 4.69) is 21.2 Å². The van der Waals surface area contributed by atoms with E-state index in [1.54, 1.807) is 18.2 Å². The van der Waals surface area contributed by atoms with Crippen molar-refractivity contribution >= 4 is 56.4 Å². The van der Waals surface area contributed by atoms with E-state index in [9.17, 15) is 4.79 Å². The first-order chi connectivity index (χ1) is 8.99. The van der Waals surface area contributed by atoms with Crippen LogP contribution >= 0.6 is 39.1 Å². The van der Waals surface area contributed by atoms with E-state index >= 15 is 0 Å². The predicted molar refractivity (Wildman–Crippen MR) is 83.0 cm³/mol. The number of anilines is 2. The Morgan fingerprint density at radius 2 is 1.89 bits per heavy atom. The molecule has 0 saturated heterocycles. The zero-order valence-corrected chi connectivity index (χ0v) is 12.7. The van der Waals surface area contributed by atoms with E-state index in [-0.39, 0.29) is 5.91 Å². The Morgan fingerprint density at radius 1 is 1.21 bits per heavy atom. The minimum absolute atomic E-state index is 0.297. The van der Waals surface area contributed by atoms with Gasteiger partial charge in [0, 0.05) is 9.50 Å². The van der Waals surface area contributed by atoms with E-state index in [1.807, 2.05) is 6.07 Å². The minimum atomic E-state index is -0.302. The normalized spacial score (nSPS) is 10.3. The highest BCUT2D eigenvalue weighted by molar-refractivity contribution is 9.10. The molecule has 0 spiro atoms. The highest BCUT2D eigenvalue weighted by Crippen LogP contribution is 2.32. The summed E-state index contributed by atoms with van der Waals surface area (Å²) in [5.74, 6) is -0.302. The van der Waals surface area contributed by atoms with Gasteiger partial charge in [0.25, 0.3) is 5.91 Å². The van der Waals surface area contributed by atoms with Crippen molar-refractivity contribution in [2.24, 2.45) is 0 Å². The van der Waals surface area contributed by atoms with E-state index in [1.165, 1.54) is 12.1 Å². The number of halogens is 3. The molecule has 0 fully saturated rings. The molecule has 1 amide bonds. The molecule has 3 nitrogen and oxygen atoms in total. The summed E-state index contributed by atoms with van der Waals surface area (Å²) < 4.78 is 0.691. The van der Waals surface area contributed by atoms with Crippen LogP contribution < -0.4 is 11.1 Å². The molecule has 6 heteroatoms. The highest BCUT2D eigenvalue weighted by atomic mass is 79.9. The second kappa shape index (κ2) is 5.82. The van der Waals surface area contributed by atoms with Crippen molar-refractivity contribution in [2.45, 2.75) is 0 Å². The summed E-state index contributed by atoms with van der Waals surface area (Å²) in [5.41, 5.74) is 6.96. The Balaban J connectivity index is 2.32. The summed E-state index contributed by atoms with van der Waals surface area (Å²) in [7, 11) is 0. The molecule has 0 bridgehead atoms. The van der Waals surface area contributed by atoms with Gasteiger partial charge in [0.2, 0.25) is 0 Å². The minimum Gasteiger partial charge on any atom is -0.397 e. The van der Waals surface area contributed by atoms with Crippen molar-refractivity contribution in [1.29, 1.82) is 0 Å². The molecule has 2 rings (SSSR count). The lowest BCUT2D eigenvalue weighted by atomic mass is 10.2. The van der Waals surface area contributed by atoms with Crippen molar-refractivity contribution in [2.75, 3.05) is 11.1 Å². The second-order valence-electron chi connectivity index (χ2n) is 3.79. The number of amides is 1. The summed E-state index contributed by atoms with van der Waals surface area (Å²) in [6.07, 6.45) is 0. The Hall–Kier alpha value is -1.23. The first kappa shape index (κ1) is 14.2. The third kappa shape index (κ3) is 3.21. The van der Waals surface area contributed by atoms with Gasteiger partial charge in [-0.25, -0.2) is 0 Å². The van der Waals surface area contributed by atoms with E-state index < -0.39 is 0 Å². The molecule has 2 aromatic rings. The number of nitrogens with one attached hydrogen (secondary N) is 1. The van der Waals surface area contributed by atoms with Gasteiger partial charge < -0.3 is 11.1 Å². The van der Waals surface area contributed by atoms with Gasteiger partial charge in [0.1, 0.15) is 0 Å². The van der Waals surface area contributed by atoms with Gasteiger partial charge in [-0.1, -0.05) is 35.3 Å². The lowest BCUT2D eigenvalue weighted by molar-refractivity contribution is 0.102. The Labute approximate surface area is 128 Å². The van der Waals surface area contributed by atoms with E-state index in [4.69, 9.17) is 28.9 Å². The fourth-order valence-corrected chi connectivity index (χ4v) is 2.57. The van der Waals surface area contributed by atoms with Crippen molar-refractivity contribution in [1.82, 2.24) is 0 Å². The third-order valence-corrected chi connectivity index (χ3v) is 3.65. The predicted octanol–water partition coefficient (Wildman–Crippen LogP) is 4.59. The van der Waals surface area contributed by atoms with E-state index in [0.29, 0.717) is 31.5 Å². The molecule has 0 aliphatic rings. The number of nitrogen functional groups attached to an aromatic ring is 1. The van der Waals surface area contributed by atoms with Crippen LogP contribution in [0.2, 0.25) is 10.0 Å². The maximum absolute atomic E-state index is 12.1. The van der Waals surface area contributed by atoms with Crippen LogP contribution in [0.4, 0.5) is 11.4 Å². The molecule has 0 aliphatic carbocycles. The summed E-state index contributed by atoms with van der Waals surface area (Å²) in [5, 5.41) is 3.39. The quantitative estimate of drug-likeness (QED) is 0.770. The van der Waals surface area contributed by atoms with Crippen molar-refractivity contribution in [3.63, 3.8) is 0 Å². The molecular formula is C13H9BrCl2N2O. The third-order valence-electron chi connectivity index (χ3n) is 2.44. The number of hydrogen-bond donors (Lipinski definition) is 2. The smallest absolute Gasteiger partial charge is 0.256 e. The van der Waals surface area contributed by atoms with Gasteiger partial charge in [-0.3, -0.25) is 4.79 Å². The Kier molecular flexibility index (Phi) is 4.34. The van der Waals surface area contributed by atoms with Crippen LogP contribution in [0.1, 0.15) is 10.4 Å². The molecule has 0 aromatic heterocycles. The molecule has 0 unspecified atom stereocenters. The van der Waals surface area contributed by atoms with Gasteiger partial charge in [-0.05, 0) is 40.2 Å². The summed E-state index contributed by atoms with van der Waals surface area (Å²) in [6, 6.07) is 10.1. The number of nitrogens with two attached hydrogens (primary N) is 1. The molecule has 3 N–H and O–H groups in total. The fraction of sp³-hybridized carbons (Fsp3) is 0. The van der Waals surface area contributed by atoms with Gasteiger partial charge in [0.05, 0.1) is 22.0 Å². The number of benzene rings is 2. The van der Waals surface area contributed by atoms with Gasteiger partial charge >= 0.3 is 0 Å². The molecule has 0 saturated carbocycles. The average molecular weight is 360 g/mol. The summed E-state index contributed by atoms with van der Waals surface area (Å²) in [6.45, 7) is 0. The van der Waals surface area contributed by atoms with Crippen molar-refractivity contribution in [3.8, 4) is 0 Å².